The quantitative estimate of drug-likeness (QED) is 0.746. The first-order chi connectivity index (χ1) is 11.2. The highest BCUT2D eigenvalue weighted by molar-refractivity contribution is 9.10. The standard InChI is InChI=1S/C16H15BrN4O2/c1-9-5-12(19-14(8-22)18-9)16-20-11-6-10(17)7-13-15(11)21(16)3-2-4-23-13/h5-7,22H,2-4,8H2,1H3. The number of benzene rings is 1. The molecule has 118 valence electrons. The van der Waals surface area contributed by atoms with E-state index in [1.165, 1.54) is 0 Å². The largest absolute Gasteiger partial charge is 0.491 e. The van der Waals surface area contributed by atoms with Gasteiger partial charge in [-0.25, -0.2) is 15.0 Å². The summed E-state index contributed by atoms with van der Waals surface area (Å²) in [5.74, 6) is 2.02. The number of aryl methyl sites for hydroxylation is 2. The van der Waals surface area contributed by atoms with E-state index in [1.807, 2.05) is 25.1 Å². The van der Waals surface area contributed by atoms with Gasteiger partial charge in [0.05, 0.1) is 12.1 Å². The van der Waals surface area contributed by atoms with E-state index >= 15 is 0 Å². The monoisotopic (exact) mass is 374 g/mol. The summed E-state index contributed by atoms with van der Waals surface area (Å²) in [6.45, 7) is 3.20. The molecule has 23 heavy (non-hydrogen) atoms. The summed E-state index contributed by atoms with van der Waals surface area (Å²) in [6.07, 6.45) is 0.904. The number of nitrogens with zero attached hydrogens (tertiary/aromatic N) is 4. The Labute approximate surface area is 141 Å². The van der Waals surface area contributed by atoms with E-state index in [-0.39, 0.29) is 6.61 Å². The highest BCUT2D eigenvalue weighted by Crippen LogP contribution is 2.35. The van der Waals surface area contributed by atoms with Crippen molar-refractivity contribution in [3.8, 4) is 17.3 Å². The van der Waals surface area contributed by atoms with Crippen LogP contribution in [-0.2, 0) is 13.2 Å². The molecule has 1 aliphatic rings. The number of rotatable bonds is 2. The van der Waals surface area contributed by atoms with Gasteiger partial charge in [-0.05, 0) is 31.5 Å². The molecule has 0 atom stereocenters. The van der Waals surface area contributed by atoms with Gasteiger partial charge in [-0.1, -0.05) is 15.9 Å². The Bertz CT molecular complexity index is 907. The van der Waals surface area contributed by atoms with Gasteiger partial charge in [-0.2, -0.15) is 0 Å². The van der Waals surface area contributed by atoms with Gasteiger partial charge in [0.15, 0.2) is 11.6 Å². The molecule has 0 aliphatic carbocycles. The second-order valence-corrected chi connectivity index (χ2v) is 6.45. The van der Waals surface area contributed by atoms with Gasteiger partial charge in [0, 0.05) is 16.7 Å². The fourth-order valence-electron chi connectivity index (χ4n) is 2.94. The molecule has 2 aromatic heterocycles. The average Bonchev–Trinajstić information content (AvgIpc) is 2.75. The lowest BCUT2D eigenvalue weighted by Crippen LogP contribution is -2.05. The van der Waals surface area contributed by atoms with Gasteiger partial charge in [0.2, 0.25) is 0 Å². The molecular weight excluding hydrogens is 360 g/mol. The van der Waals surface area contributed by atoms with E-state index in [0.29, 0.717) is 12.4 Å². The molecule has 0 unspecified atom stereocenters. The van der Waals surface area contributed by atoms with Crippen LogP contribution in [0.15, 0.2) is 22.7 Å². The third kappa shape index (κ3) is 2.49. The van der Waals surface area contributed by atoms with Crippen molar-refractivity contribution in [3.05, 3.63) is 34.2 Å². The molecule has 7 heteroatoms. The summed E-state index contributed by atoms with van der Waals surface area (Å²) in [4.78, 5) is 13.4. The molecule has 0 saturated heterocycles. The van der Waals surface area contributed by atoms with Gasteiger partial charge in [-0.3, -0.25) is 0 Å². The number of aromatic nitrogens is 4. The highest BCUT2D eigenvalue weighted by Gasteiger charge is 2.21. The normalized spacial score (nSPS) is 13.9. The van der Waals surface area contributed by atoms with E-state index in [4.69, 9.17) is 9.72 Å². The minimum absolute atomic E-state index is 0.186. The minimum atomic E-state index is -0.186. The molecular formula is C16H15BrN4O2. The van der Waals surface area contributed by atoms with Crippen LogP contribution in [0.4, 0.5) is 0 Å². The molecule has 1 aromatic carbocycles. The Balaban J connectivity index is 2.00. The summed E-state index contributed by atoms with van der Waals surface area (Å²) < 4.78 is 8.94. The lowest BCUT2D eigenvalue weighted by molar-refractivity contribution is 0.271. The van der Waals surface area contributed by atoms with E-state index in [2.05, 4.69) is 30.5 Å². The Hall–Kier alpha value is -1.99. The van der Waals surface area contributed by atoms with Crippen molar-refractivity contribution in [1.82, 2.24) is 19.5 Å². The predicted molar refractivity (Wildman–Crippen MR) is 89.2 cm³/mol. The second-order valence-electron chi connectivity index (χ2n) is 5.53. The first-order valence-electron chi connectivity index (χ1n) is 7.44. The zero-order valence-electron chi connectivity index (χ0n) is 12.6. The first-order valence-corrected chi connectivity index (χ1v) is 8.23. The number of ether oxygens (including phenoxy) is 1. The number of aliphatic hydroxyl groups excluding tert-OH is 1. The maximum Gasteiger partial charge on any atom is 0.160 e. The van der Waals surface area contributed by atoms with Crippen molar-refractivity contribution in [2.45, 2.75) is 26.5 Å². The van der Waals surface area contributed by atoms with Crippen molar-refractivity contribution < 1.29 is 9.84 Å². The summed E-state index contributed by atoms with van der Waals surface area (Å²) in [7, 11) is 0. The fourth-order valence-corrected chi connectivity index (χ4v) is 3.37. The molecule has 4 rings (SSSR count). The second kappa shape index (κ2) is 5.58. The lowest BCUT2D eigenvalue weighted by Gasteiger charge is -2.08. The predicted octanol–water partition coefficient (Wildman–Crippen LogP) is 2.84. The summed E-state index contributed by atoms with van der Waals surface area (Å²) in [6, 6.07) is 5.85. The zero-order valence-corrected chi connectivity index (χ0v) is 14.2. The van der Waals surface area contributed by atoms with Gasteiger partial charge in [-0.15, -0.1) is 0 Å². The molecule has 0 amide bonds. The van der Waals surface area contributed by atoms with Crippen LogP contribution < -0.4 is 4.74 Å². The Morgan fingerprint density at radius 3 is 2.96 bits per heavy atom. The van der Waals surface area contributed by atoms with Crippen LogP contribution in [0.2, 0.25) is 0 Å². The van der Waals surface area contributed by atoms with Crippen molar-refractivity contribution in [3.63, 3.8) is 0 Å². The smallest absolute Gasteiger partial charge is 0.160 e. The number of imidazole rings is 1. The summed E-state index contributed by atoms with van der Waals surface area (Å²) in [5.41, 5.74) is 3.39. The number of aliphatic hydroxyl groups is 1. The number of halogens is 1. The van der Waals surface area contributed by atoms with Crippen LogP contribution in [0.3, 0.4) is 0 Å². The maximum absolute atomic E-state index is 9.36. The van der Waals surface area contributed by atoms with E-state index in [1.54, 1.807) is 0 Å². The molecule has 6 nitrogen and oxygen atoms in total. The molecule has 0 spiro atoms. The fraction of sp³-hybridized carbons (Fsp3) is 0.312. The van der Waals surface area contributed by atoms with Crippen molar-refractivity contribution in [1.29, 1.82) is 0 Å². The third-order valence-corrected chi connectivity index (χ3v) is 4.28. The van der Waals surface area contributed by atoms with Crippen molar-refractivity contribution in [2.24, 2.45) is 0 Å². The Morgan fingerprint density at radius 1 is 1.26 bits per heavy atom. The molecule has 0 bridgehead atoms. The van der Waals surface area contributed by atoms with E-state index in [0.717, 1.165) is 51.4 Å². The van der Waals surface area contributed by atoms with Crippen LogP contribution in [0.25, 0.3) is 22.6 Å². The molecule has 1 N–H and O–H groups in total. The first kappa shape index (κ1) is 14.6. The Morgan fingerprint density at radius 2 is 2.13 bits per heavy atom. The van der Waals surface area contributed by atoms with Crippen LogP contribution in [0, 0.1) is 6.92 Å². The van der Waals surface area contributed by atoms with Crippen LogP contribution in [-0.4, -0.2) is 31.2 Å². The summed E-state index contributed by atoms with van der Waals surface area (Å²) in [5, 5.41) is 9.36. The molecule has 0 fully saturated rings. The number of hydrogen-bond donors (Lipinski definition) is 1. The average molecular weight is 375 g/mol. The summed E-state index contributed by atoms with van der Waals surface area (Å²) >= 11 is 3.51. The van der Waals surface area contributed by atoms with Crippen molar-refractivity contribution in [2.75, 3.05) is 6.61 Å². The zero-order chi connectivity index (χ0) is 16.0. The SMILES string of the molecule is Cc1cc(-c2nc3cc(Br)cc4c3n2CCCO4)nc(CO)n1. The maximum atomic E-state index is 9.36. The van der Waals surface area contributed by atoms with Crippen LogP contribution in [0.1, 0.15) is 17.9 Å². The van der Waals surface area contributed by atoms with Crippen LogP contribution in [0.5, 0.6) is 5.75 Å². The molecule has 3 aromatic rings. The van der Waals surface area contributed by atoms with E-state index < -0.39 is 0 Å². The van der Waals surface area contributed by atoms with Gasteiger partial charge < -0.3 is 14.4 Å². The van der Waals surface area contributed by atoms with Gasteiger partial charge in [0.25, 0.3) is 0 Å². The molecule has 1 aliphatic heterocycles. The number of hydrogen-bond acceptors (Lipinski definition) is 5. The topological polar surface area (TPSA) is 73.1 Å². The van der Waals surface area contributed by atoms with Crippen molar-refractivity contribution >= 4 is 27.0 Å². The Kier molecular flexibility index (Phi) is 3.54. The lowest BCUT2D eigenvalue weighted by atomic mass is 10.3. The third-order valence-electron chi connectivity index (χ3n) is 3.83. The van der Waals surface area contributed by atoms with Crippen LogP contribution >= 0.6 is 15.9 Å². The van der Waals surface area contributed by atoms with Gasteiger partial charge in [0.1, 0.15) is 23.6 Å². The van der Waals surface area contributed by atoms with Gasteiger partial charge >= 0.3 is 0 Å². The van der Waals surface area contributed by atoms with E-state index in [9.17, 15) is 5.11 Å². The minimum Gasteiger partial charge on any atom is -0.491 e. The highest BCUT2D eigenvalue weighted by atomic mass is 79.9. The molecule has 0 saturated carbocycles. The molecule has 3 heterocycles. The molecule has 0 radical (unpaired) electrons.